The Balaban J connectivity index is 4.15. The lowest BCUT2D eigenvalue weighted by Crippen LogP contribution is -2.40. The largest absolute Gasteiger partial charge is 0.480 e. The fourth-order valence-electron chi connectivity index (χ4n) is 0.559. The topological polar surface area (TPSA) is 109 Å². The van der Waals surface area contributed by atoms with Crippen LogP contribution in [-0.2, 0) is 14.8 Å². The van der Waals surface area contributed by atoms with E-state index in [9.17, 15) is 13.2 Å². The molecule has 0 aromatic rings. The molecule has 0 aromatic carbocycles. The molecule has 0 amide bonds. The Morgan fingerprint density at radius 1 is 1.67 bits per heavy atom. The van der Waals surface area contributed by atoms with Crippen LogP contribution >= 0.6 is 0 Å². The Hall–Kier alpha value is -0.660. The third kappa shape index (κ3) is 5.05. The van der Waals surface area contributed by atoms with E-state index in [1.165, 1.54) is 0 Å². The third-order valence-corrected chi connectivity index (χ3v) is 2.44. The van der Waals surface area contributed by atoms with Crippen molar-refractivity contribution in [2.75, 3.05) is 12.3 Å². The fourth-order valence-corrected chi connectivity index (χ4v) is 1.68. The molecule has 0 aliphatic carbocycles. The molecule has 6 nitrogen and oxygen atoms in total. The summed E-state index contributed by atoms with van der Waals surface area (Å²) in [6.07, 6.45) is 0. The van der Waals surface area contributed by atoms with E-state index >= 15 is 0 Å². The van der Waals surface area contributed by atoms with Crippen molar-refractivity contribution in [1.29, 1.82) is 0 Å². The molecule has 1 atom stereocenters. The van der Waals surface area contributed by atoms with Gasteiger partial charge in [0.1, 0.15) is 0 Å². The van der Waals surface area contributed by atoms with Crippen molar-refractivity contribution in [3.63, 3.8) is 0 Å². The lowest BCUT2D eigenvalue weighted by molar-refractivity contribution is -0.134. The van der Waals surface area contributed by atoms with E-state index in [0.29, 0.717) is 0 Å². The van der Waals surface area contributed by atoms with Gasteiger partial charge in [-0.1, -0.05) is 0 Å². The van der Waals surface area contributed by atoms with Gasteiger partial charge in [-0.3, -0.25) is 4.79 Å². The van der Waals surface area contributed by atoms with Gasteiger partial charge in [0.05, 0.1) is 0 Å². The zero-order valence-corrected chi connectivity index (χ0v) is 7.47. The maximum atomic E-state index is 10.9. The SMILES string of the molecule is CC(CN)NS(=O)(=O)CC(=O)O. The molecule has 0 fully saturated rings. The normalized spacial score (nSPS) is 14.2. The van der Waals surface area contributed by atoms with Crippen molar-refractivity contribution >= 4 is 16.0 Å². The van der Waals surface area contributed by atoms with Gasteiger partial charge in [-0.05, 0) is 6.92 Å². The van der Waals surface area contributed by atoms with E-state index in [4.69, 9.17) is 10.8 Å². The highest BCUT2D eigenvalue weighted by molar-refractivity contribution is 7.90. The Bertz CT molecular complexity index is 248. The summed E-state index contributed by atoms with van der Waals surface area (Å²) in [5, 5.41) is 8.18. The first-order chi connectivity index (χ1) is 5.37. The summed E-state index contributed by atoms with van der Waals surface area (Å²) < 4.78 is 23.8. The fraction of sp³-hybridized carbons (Fsp3) is 0.800. The second-order valence-electron chi connectivity index (χ2n) is 2.41. The standard InChI is InChI=1S/C5H12N2O4S/c1-4(2-6)7-12(10,11)3-5(8)9/h4,7H,2-3,6H2,1H3,(H,8,9). The summed E-state index contributed by atoms with van der Waals surface area (Å²) in [5.41, 5.74) is 5.14. The first-order valence-corrected chi connectivity index (χ1v) is 4.94. The molecule has 0 aromatic heterocycles. The van der Waals surface area contributed by atoms with E-state index in [0.717, 1.165) is 0 Å². The van der Waals surface area contributed by atoms with Gasteiger partial charge in [-0.2, -0.15) is 0 Å². The van der Waals surface area contributed by atoms with Crippen LogP contribution in [0.4, 0.5) is 0 Å². The molecule has 0 aliphatic heterocycles. The minimum atomic E-state index is -3.72. The maximum absolute atomic E-state index is 10.9. The first kappa shape index (κ1) is 11.3. The van der Waals surface area contributed by atoms with Crippen molar-refractivity contribution in [2.45, 2.75) is 13.0 Å². The monoisotopic (exact) mass is 196 g/mol. The van der Waals surface area contributed by atoms with Crippen molar-refractivity contribution in [2.24, 2.45) is 5.73 Å². The van der Waals surface area contributed by atoms with Crippen molar-refractivity contribution in [3.05, 3.63) is 0 Å². The van der Waals surface area contributed by atoms with Crippen molar-refractivity contribution in [1.82, 2.24) is 4.72 Å². The van der Waals surface area contributed by atoms with Gasteiger partial charge in [-0.25, -0.2) is 13.1 Å². The van der Waals surface area contributed by atoms with E-state index in [1.54, 1.807) is 6.92 Å². The van der Waals surface area contributed by atoms with E-state index in [2.05, 4.69) is 4.72 Å². The molecule has 12 heavy (non-hydrogen) atoms. The quantitative estimate of drug-likeness (QED) is 0.487. The molecule has 1 unspecified atom stereocenters. The van der Waals surface area contributed by atoms with Gasteiger partial charge in [0.15, 0.2) is 5.75 Å². The van der Waals surface area contributed by atoms with Crippen molar-refractivity contribution in [3.8, 4) is 0 Å². The van der Waals surface area contributed by atoms with Crippen LogP contribution in [0.5, 0.6) is 0 Å². The Morgan fingerprint density at radius 2 is 2.17 bits per heavy atom. The molecule has 7 heteroatoms. The molecule has 0 radical (unpaired) electrons. The number of rotatable bonds is 5. The molecule has 72 valence electrons. The average Bonchev–Trinajstić information content (AvgIpc) is 1.83. The average molecular weight is 196 g/mol. The summed E-state index contributed by atoms with van der Waals surface area (Å²) >= 11 is 0. The minimum absolute atomic E-state index is 0.138. The third-order valence-electron chi connectivity index (χ3n) is 1.05. The van der Waals surface area contributed by atoms with E-state index < -0.39 is 27.8 Å². The van der Waals surface area contributed by atoms with Crippen LogP contribution in [0.2, 0.25) is 0 Å². The van der Waals surface area contributed by atoms with Gasteiger partial charge < -0.3 is 10.8 Å². The van der Waals surface area contributed by atoms with Gasteiger partial charge >= 0.3 is 5.97 Å². The molecule has 4 N–H and O–H groups in total. The zero-order chi connectivity index (χ0) is 9.78. The molecular formula is C5H12N2O4S. The van der Waals surface area contributed by atoms with Crippen LogP contribution in [0.3, 0.4) is 0 Å². The Labute approximate surface area is 70.8 Å². The predicted octanol–water partition coefficient (Wildman–Crippen LogP) is -1.66. The van der Waals surface area contributed by atoms with Gasteiger partial charge in [0.2, 0.25) is 10.0 Å². The van der Waals surface area contributed by atoms with E-state index in [1.807, 2.05) is 0 Å². The number of hydrogen-bond acceptors (Lipinski definition) is 4. The molecular weight excluding hydrogens is 184 g/mol. The minimum Gasteiger partial charge on any atom is -0.480 e. The van der Waals surface area contributed by atoms with Gasteiger partial charge in [-0.15, -0.1) is 0 Å². The van der Waals surface area contributed by atoms with Crippen LogP contribution in [0.25, 0.3) is 0 Å². The Morgan fingerprint density at radius 3 is 2.50 bits per heavy atom. The molecule has 0 saturated heterocycles. The van der Waals surface area contributed by atoms with E-state index in [-0.39, 0.29) is 6.54 Å². The maximum Gasteiger partial charge on any atom is 0.320 e. The highest BCUT2D eigenvalue weighted by Gasteiger charge is 2.17. The Kier molecular flexibility index (Phi) is 4.15. The van der Waals surface area contributed by atoms with Crippen LogP contribution in [0.15, 0.2) is 0 Å². The lowest BCUT2D eigenvalue weighted by atomic mass is 10.4. The number of nitrogens with one attached hydrogen (secondary N) is 1. The molecule has 0 spiro atoms. The number of carbonyl (C=O) groups is 1. The van der Waals surface area contributed by atoms with Crippen molar-refractivity contribution < 1.29 is 18.3 Å². The second-order valence-corrected chi connectivity index (χ2v) is 4.16. The molecule has 0 aliphatic rings. The number of hydrogen-bond donors (Lipinski definition) is 3. The second kappa shape index (κ2) is 4.39. The number of carboxylic acid groups (broad SMARTS) is 1. The van der Waals surface area contributed by atoms with Crippen LogP contribution < -0.4 is 10.5 Å². The predicted molar refractivity (Wildman–Crippen MR) is 43.1 cm³/mol. The van der Waals surface area contributed by atoms with Crippen LogP contribution in [-0.4, -0.2) is 37.8 Å². The summed E-state index contributed by atoms with van der Waals surface area (Å²) in [6.45, 7) is 1.69. The number of carboxylic acids is 1. The molecule has 0 heterocycles. The lowest BCUT2D eigenvalue weighted by Gasteiger charge is -2.09. The van der Waals surface area contributed by atoms with Gasteiger partial charge in [0, 0.05) is 12.6 Å². The van der Waals surface area contributed by atoms with Crippen LogP contribution in [0.1, 0.15) is 6.92 Å². The number of sulfonamides is 1. The highest BCUT2D eigenvalue weighted by Crippen LogP contribution is 1.87. The van der Waals surface area contributed by atoms with Gasteiger partial charge in [0.25, 0.3) is 0 Å². The first-order valence-electron chi connectivity index (χ1n) is 3.29. The summed E-state index contributed by atoms with van der Waals surface area (Å²) in [5.74, 6) is -2.30. The molecule has 0 saturated carbocycles. The summed E-state index contributed by atoms with van der Waals surface area (Å²) in [6, 6.07) is -0.436. The summed E-state index contributed by atoms with van der Waals surface area (Å²) in [7, 11) is -3.72. The smallest absolute Gasteiger partial charge is 0.320 e. The number of nitrogens with two attached hydrogens (primary N) is 1. The molecule has 0 rings (SSSR count). The van der Waals surface area contributed by atoms with Crippen LogP contribution in [0, 0.1) is 0 Å². The molecule has 0 bridgehead atoms. The highest BCUT2D eigenvalue weighted by atomic mass is 32.2. The zero-order valence-electron chi connectivity index (χ0n) is 6.65. The number of aliphatic carboxylic acids is 1. The summed E-state index contributed by atoms with van der Waals surface area (Å²) in [4.78, 5) is 10.0.